The van der Waals surface area contributed by atoms with Gasteiger partial charge in [0.25, 0.3) is 0 Å². The summed E-state index contributed by atoms with van der Waals surface area (Å²) in [7, 11) is 0. The minimum atomic E-state index is 0.646. The molecule has 0 aliphatic rings. The third kappa shape index (κ3) is 2.79. The number of ether oxygens (including phenoxy) is 1. The normalized spacial score (nSPS) is 9.38. The van der Waals surface area contributed by atoms with E-state index in [1.807, 2.05) is 31.2 Å². The highest BCUT2D eigenvalue weighted by molar-refractivity contribution is 5.58. The highest BCUT2D eigenvalue weighted by atomic mass is 16.5. The van der Waals surface area contributed by atoms with Crippen LogP contribution in [0, 0.1) is 6.92 Å². The number of rotatable bonds is 3. The van der Waals surface area contributed by atoms with E-state index in [2.05, 4.69) is 13.2 Å². The zero-order valence-electron chi connectivity index (χ0n) is 8.13. The van der Waals surface area contributed by atoms with Crippen molar-refractivity contribution >= 4 is 5.76 Å². The first-order chi connectivity index (χ1) is 6.09. The van der Waals surface area contributed by atoms with E-state index in [0.29, 0.717) is 11.5 Å². The third-order valence-electron chi connectivity index (χ3n) is 1.67. The molecule has 0 aromatic heterocycles. The van der Waals surface area contributed by atoms with Gasteiger partial charge in [-0.15, -0.1) is 0 Å². The predicted molar refractivity (Wildman–Crippen MR) is 56.1 cm³/mol. The molecule has 0 fully saturated rings. The molecule has 1 aromatic rings. The first-order valence-electron chi connectivity index (χ1n) is 4.19. The van der Waals surface area contributed by atoms with Crippen molar-refractivity contribution in [1.29, 1.82) is 0 Å². The summed E-state index contributed by atoms with van der Waals surface area (Å²) < 4.78 is 5.29. The molecule has 1 heteroatoms. The topological polar surface area (TPSA) is 9.23 Å². The van der Waals surface area contributed by atoms with E-state index in [9.17, 15) is 0 Å². The molecule has 68 valence electrons. The van der Waals surface area contributed by atoms with Crippen molar-refractivity contribution in [2.45, 2.75) is 13.8 Å². The summed E-state index contributed by atoms with van der Waals surface area (Å²) >= 11 is 0. The maximum absolute atomic E-state index is 5.29. The standard InChI is InChI=1S/C12H14O/c1-9(2)13-11(4)12-7-5-10(3)6-8-12/h5-8H,1,4H2,2-3H3. The average molecular weight is 174 g/mol. The summed E-state index contributed by atoms with van der Waals surface area (Å²) in [6, 6.07) is 8.03. The van der Waals surface area contributed by atoms with Gasteiger partial charge in [0.15, 0.2) is 0 Å². The second-order valence-corrected chi connectivity index (χ2v) is 3.09. The first kappa shape index (κ1) is 9.59. The lowest BCUT2D eigenvalue weighted by Gasteiger charge is -2.07. The SMILES string of the molecule is C=C(C)OC(=C)c1ccc(C)cc1. The lowest BCUT2D eigenvalue weighted by Crippen LogP contribution is -1.87. The molecule has 1 rings (SSSR count). The van der Waals surface area contributed by atoms with Gasteiger partial charge in [-0.2, -0.15) is 0 Å². The molecule has 0 aliphatic carbocycles. The van der Waals surface area contributed by atoms with Crippen molar-refractivity contribution in [3.63, 3.8) is 0 Å². The van der Waals surface area contributed by atoms with Crippen LogP contribution in [0.1, 0.15) is 18.1 Å². The van der Waals surface area contributed by atoms with Crippen LogP contribution in [-0.4, -0.2) is 0 Å². The number of benzene rings is 1. The Morgan fingerprint density at radius 3 is 2.15 bits per heavy atom. The minimum Gasteiger partial charge on any atom is -0.463 e. The Bertz CT molecular complexity index is 319. The van der Waals surface area contributed by atoms with Gasteiger partial charge in [-0.05, 0) is 13.8 Å². The molecule has 1 aromatic carbocycles. The van der Waals surface area contributed by atoms with Crippen LogP contribution in [0.5, 0.6) is 0 Å². The smallest absolute Gasteiger partial charge is 0.126 e. The van der Waals surface area contributed by atoms with Crippen molar-refractivity contribution in [3.8, 4) is 0 Å². The van der Waals surface area contributed by atoms with Crippen molar-refractivity contribution < 1.29 is 4.74 Å². The van der Waals surface area contributed by atoms with E-state index in [4.69, 9.17) is 4.74 Å². The van der Waals surface area contributed by atoms with Gasteiger partial charge in [-0.1, -0.05) is 43.0 Å². The van der Waals surface area contributed by atoms with Crippen molar-refractivity contribution in [2.75, 3.05) is 0 Å². The lowest BCUT2D eigenvalue weighted by molar-refractivity contribution is 0.388. The predicted octanol–water partition coefficient (Wildman–Crippen LogP) is 3.52. The van der Waals surface area contributed by atoms with Gasteiger partial charge >= 0.3 is 0 Å². The van der Waals surface area contributed by atoms with Crippen LogP contribution in [0.2, 0.25) is 0 Å². The number of aryl methyl sites for hydroxylation is 1. The lowest BCUT2D eigenvalue weighted by atomic mass is 10.1. The maximum atomic E-state index is 5.29. The van der Waals surface area contributed by atoms with E-state index >= 15 is 0 Å². The van der Waals surface area contributed by atoms with E-state index < -0.39 is 0 Å². The van der Waals surface area contributed by atoms with Crippen LogP contribution in [0.4, 0.5) is 0 Å². The van der Waals surface area contributed by atoms with Crippen LogP contribution in [0.25, 0.3) is 5.76 Å². The summed E-state index contributed by atoms with van der Waals surface area (Å²) in [6.07, 6.45) is 0. The maximum Gasteiger partial charge on any atom is 0.126 e. The largest absolute Gasteiger partial charge is 0.463 e. The molecule has 13 heavy (non-hydrogen) atoms. The fourth-order valence-corrected chi connectivity index (χ4v) is 1.01. The molecule has 0 unspecified atom stereocenters. The van der Waals surface area contributed by atoms with Crippen molar-refractivity contribution in [1.82, 2.24) is 0 Å². The zero-order valence-corrected chi connectivity index (χ0v) is 8.13. The minimum absolute atomic E-state index is 0.646. The molecule has 1 nitrogen and oxygen atoms in total. The van der Waals surface area contributed by atoms with E-state index in [-0.39, 0.29) is 0 Å². The third-order valence-corrected chi connectivity index (χ3v) is 1.67. The Balaban J connectivity index is 2.78. The number of allylic oxidation sites excluding steroid dienone is 1. The summed E-state index contributed by atoms with van der Waals surface area (Å²) in [5.41, 5.74) is 2.22. The molecular weight excluding hydrogens is 160 g/mol. The van der Waals surface area contributed by atoms with Crippen molar-refractivity contribution in [3.05, 3.63) is 54.3 Å². The Hall–Kier alpha value is -1.50. The Labute approximate surface area is 79.4 Å². The van der Waals surface area contributed by atoms with Gasteiger partial charge in [0.1, 0.15) is 5.76 Å². The van der Waals surface area contributed by atoms with Gasteiger partial charge in [0, 0.05) is 5.56 Å². The summed E-state index contributed by atoms with van der Waals surface area (Å²) in [5, 5.41) is 0. The molecule has 0 saturated heterocycles. The van der Waals surface area contributed by atoms with Crippen LogP contribution in [-0.2, 0) is 4.74 Å². The van der Waals surface area contributed by atoms with Crippen LogP contribution in [0.15, 0.2) is 43.2 Å². The summed E-state index contributed by atoms with van der Waals surface area (Å²) in [4.78, 5) is 0. The zero-order chi connectivity index (χ0) is 9.84. The highest BCUT2D eigenvalue weighted by Gasteiger charge is 1.98. The fraction of sp³-hybridized carbons (Fsp3) is 0.167. The van der Waals surface area contributed by atoms with Gasteiger partial charge in [-0.3, -0.25) is 0 Å². The molecule has 0 aliphatic heterocycles. The van der Waals surface area contributed by atoms with Gasteiger partial charge in [0.05, 0.1) is 5.76 Å². The molecule has 0 heterocycles. The van der Waals surface area contributed by atoms with Gasteiger partial charge in [-0.25, -0.2) is 0 Å². The average Bonchev–Trinajstić information content (AvgIpc) is 2.04. The first-order valence-corrected chi connectivity index (χ1v) is 4.19. The highest BCUT2D eigenvalue weighted by Crippen LogP contribution is 2.16. The molecule has 0 amide bonds. The molecular formula is C12H14O. The molecule has 0 saturated carbocycles. The van der Waals surface area contributed by atoms with E-state index in [1.165, 1.54) is 5.56 Å². The summed E-state index contributed by atoms with van der Waals surface area (Å²) in [6.45, 7) is 11.3. The Morgan fingerprint density at radius 1 is 1.15 bits per heavy atom. The molecule has 0 radical (unpaired) electrons. The molecule has 0 atom stereocenters. The van der Waals surface area contributed by atoms with Gasteiger partial charge < -0.3 is 4.74 Å². The Kier molecular flexibility index (Phi) is 2.91. The second-order valence-electron chi connectivity index (χ2n) is 3.09. The van der Waals surface area contributed by atoms with Crippen molar-refractivity contribution in [2.24, 2.45) is 0 Å². The Morgan fingerprint density at radius 2 is 1.69 bits per heavy atom. The summed E-state index contributed by atoms with van der Waals surface area (Å²) in [5.74, 6) is 1.30. The molecule has 0 N–H and O–H groups in total. The van der Waals surface area contributed by atoms with Crippen LogP contribution < -0.4 is 0 Å². The fourth-order valence-electron chi connectivity index (χ4n) is 1.01. The van der Waals surface area contributed by atoms with E-state index in [1.54, 1.807) is 6.92 Å². The number of hydrogen-bond acceptors (Lipinski definition) is 1. The van der Waals surface area contributed by atoms with Crippen LogP contribution in [0.3, 0.4) is 0 Å². The molecule has 0 bridgehead atoms. The monoisotopic (exact) mass is 174 g/mol. The molecule has 0 spiro atoms. The number of hydrogen-bond donors (Lipinski definition) is 0. The quantitative estimate of drug-likeness (QED) is 0.637. The second kappa shape index (κ2) is 3.94. The van der Waals surface area contributed by atoms with E-state index in [0.717, 1.165) is 5.56 Å². The van der Waals surface area contributed by atoms with Gasteiger partial charge in [0.2, 0.25) is 0 Å². The van der Waals surface area contributed by atoms with Crippen LogP contribution >= 0.6 is 0 Å².